The minimum absolute atomic E-state index is 0.226. The van der Waals surface area contributed by atoms with Crippen molar-refractivity contribution < 1.29 is 0 Å². The van der Waals surface area contributed by atoms with Gasteiger partial charge in [0, 0.05) is 27.9 Å². The lowest BCUT2D eigenvalue weighted by Crippen LogP contribution is -2.17. The number of hydrogen-bond donors (Lipinski definition) is 1. The molecule has 0 bridgehead atoms. The van der Waals surface area contributed by atoms with Gasteiger partial charge in [-0.2, -0.15) is 0 Å². The monoisotopic (exact) mass is 285 g/mol. The van der Waals surface area contributed by atoms with E-state index in [-0.39, 0.29) is 6.04 Å². The fraction of sp³-hybridized carbons (Fsp3) is 0.231. The van der Waals surface area contributed by atoms with Crippen LogP contribution in [0.5, 0.6) is 0 Å². The molecule has 1 heterocycles. The minimum Gasteiger partial charge on any atom is -0.305 e. The second-order valence-electron chi connectivity index (χ2n) is 3.86. The van der Waals surface area contributed by atoms with E-state index in [2.05, 4.69) is 12.2 Å². The Hall–Kier alpha value is -0.540. The van der Waals surface area contributed by atoms with Gasteiger partial charge < -0.3 is 5.32 Å². The first-order valence-electron chi connectivity index (χ1n) is 5.37. The summed E-state index contributed by atoms with van der Waals surface area (Å²) in [6, 6.07) is 10.1. The third-order valence-corrected chi connectivity index (χ3v) is 4.20. The van der Waals surface area contributed by atoms with E-state index in [4.69, 9.17) is 23.2 Å². The molecule has 2 rings (SSSR count). The van der Waals surface area contributed by atoms with Crippen LogP contribution in [-0.2, 0) is 6.54 Å². The molecular formula is C13H13Cl2NS. The van der Waals surface area contributed by atoms with Crippen LogP contribution in [-0.4, -0.2) is 0 Å². The fourth-order valence-corrected chi connectivity index (χ4v) is 2.96. The van der Waals surface area contributed by atoms with Crippen LogP contribution in [0.1, 0.15) is 23.4 Å². The Kier molecular flexibility index (Phi) is 4.46. The average Bonchev–Trinajstić information content (AvgIpc) is 2.73. The highest BCUT2D eigenvalue weighted by Gasteiger charge is 2.08. The molecule has 4 heteroatoms. The molecule has 90 valence electrons. The topological polar surface area (TPSA) is 12.0 Å². The van der Waals surface area contributed by atoms with Crippen LogP contribution in [0.4, 0.5) is 0 Å². The van der Waals surface area contributed by atoms with E-state index >= 15 is 0 Å². The molecule has 1 atom stereocenters. The Balaban J connectivity index is 1.98. The van der Waals surface area contributed by atoms with Crippen LogP contribution in [0, 0.1) is 0 Å². The Morgan fingerprint density at radius 1 is 1.29 bits per heavy atom. The third-order valence-electron chi connectivity index (χ3n) is 2.58. The number of halogens is 2. The summed E-state index contributed by atoms with van der Waals surface area (Å²) in [5, 5.41) is 6.99. The molecule has 2 aromatic rings. The van der Waals surface area contributed by atoms with Crippen LogP contribution in [0.25, 0.3) is 0 Å². The predicted octanol–water partition coefficient (Wildman–Crippen LogP) is 4.91. The molecule has 0 radical (unpaired) electrons. The Bertz CT molecular complexity index is 496. The molecule has 1 aromatic carbocycles. The second-order valence-corrected chi connectivity index (χ2v) is 5.69. The van der Waals surface area contributed by atoms with Crippen LogP contribution in [0.3, 0.4) is 0 Å². The Morgan fingerprint density at radius 2 is 2.06 bits per heavy atom. The highest BCUT2D eigenvalue weighted by Crippen LogP contribution is 2.24. The number of nitrogens with one attached hydrogen (secondary N) is 1. The molecule has 0 aliphatic carbocycles. The van der Waals surface area contributed by atoms with E-state index in [1.807, 2.05) is 35.7 Å². The standard InChI is InChI=1S/C13H13Cl2NS/c1-9(12-4-2-3-5-13(12)15)16-7-11-6-10(14)8-17-11/h2-6,8-9,16H,7H2,1H3. The maximum Gasteiger partial charge on any atom is 0.0516 e. The van der Waals surface area contributed by atoms with Crippen LogP contribution in [0.15, 0.2) is 35.7 Å². The second kappa shape index (κ2) is 5.87. The predicted molar refractivity (Wildman–Crippen MR) is 76.0 cm³/mol. The summed E-state index contributed by atoms with van der Waals surface area (Å²) in [4.78, 5) is 1.23. The van der Waals surface area contributed by atoms with E-state index in [1.165, 1.54) is 4.88 Å². The van der Waals surface area contributed by atoms with Gasteiger partial charge in [-0.15, -0.1) is 11.3 Å². The first kappa shape index (κ1) is 12.9. The number of benzene rings is 1. The van der Waals surface area contributed by atoms with Crippen molar-refractivity contribution in [2.75, 3.05) is 0 Å². The molecule has 0 amide bonds. The molecule has 0 spiro atoms. The first-order chi connectivity index (χ1) is 8.16. The number of rotatable bonds is 4. The largest absolute Gasteiger partial charge is 0.305 e. The lowest BCUT2D eigenvalue weighted by molar-refractivity contribution is 0.579. The van der Waals surface area contributed by atoms with Gasteiger partial charge in [0.05, 0.1) is 5.02 Å². The smallest absolute Gasteiger partial charge is 0.0516 e. The molecular weight excluding hydrogens is 273 g/mol. The van der Waals surface area contributed by atoms with Gasteiger partial charge in [0.15, 0.2) is 0 Å². The van der Waals surface area contributed by atoms with E-state index in [1.54, 1.807) is 11.3 Å². The van der Waals surface area contributed by atoms with Crippen molar-refractivity contribution >= 4 is 34.5 Å². The third kappa shape index (κ3) is 3.46. The number of thiophene rings is 1. The van der Waals surface area contributed by atoms with Gasteiger partial charge in [-0.25, -0.2) is 0 Å². The van der Waals surface area contributed by atoms with E-state index < -0.39 is 0 Å². The maximum atomic E-state index is 6.15. The fourth-order valence-electron chi connectivity index (χ4n) is 1.64. The van der Waals surface area contributed by atoms with Gasteiger partial charge in [0.25, 0.3) is 0 Å². The van der Waals surface area contributed by atoms with Crippen molar-refractivity contribution in [3.8, 4) is 0 Å². The average molecular weight is 286 g/mol. The van der Waals surface area contributed by atoms with E-state index in [9.17, 15) is 0 Å². The van der Waals surface area contributed by atoms with E-state index in [0.29, 0.717) is 0 Å². The molecule has 0 saturated heterocycles. The Labute approximate surface area is 115 Å². The van der Waals surface area contributed by atoms with Crippen molar-refractivity contribution in [2.45, 2.75) is 19.5 Å². The summed E-state index contributed by atoms with van der Waals surface area (Å²) in [5.74, 6) is 0. The Morgan fingerprint density at radius 3 is 2.71 bits per heavy atom. The highest BCUT2D eigenvalue weighted by atomic mass is 35.5. The molecule has 1 aromatic heterocycles. The van der Waals surface area contributed by atoms with Crippen molar-refractivity contribution in [3.05, 3.63) is 56.2 Å². The molecule has 17 heavy (non-hydrogen) atoms. The highest BCUT2D eigenvalue weighted by molar-refractivity contribution is 7.10. The van der Waals surface area contributed by atoms with Crippen LogP contribution >= 0.6 is 34.5 Å². The minimum atomic E-state index is 0.226. The van der Waals surface area contributed by atoms with Gasteiger partial charge in [0.1, 0.15) is 0 Å². The van der Waals surface area contributed by atoms with Crippen molar-refractivity contribution in [3.63, 3.8) is 0 Å². The summed E-state index contributed by atoms with van der Waals surface area (Å²) >= 11 is 13.7. The van der Waals surface area contributed by atoms with Crippen molar-refractivity contribution in [2.24, 2.45) is 0 Å². The zero-order valence-corrected chi connectivity index (χ0v) is 11.7. The zero-order chi connectivity index (χ0) is 12.3. The molecule has 0 fully saturated rings. The summed E-state index contributed by atoms with van der Waals surface area (Å²) < 4.78 is 0. The molecule has 1 N–H and O–H groups in total. The van der Waals surface area contributed by atoms with Crippen molar-refractivity contribution in [1.82, 2.24) is 5.32 Å². The molecule has 0 saturated carbocycles. The summed E-state index contributed by atoms with van der Waals surface area (Å²) in [6.45, 7) is 2.92. The molecule has 0 aliphatic rings. The van der Waals surface area contributed by atoms with Gasteiger partial charge >= 0.3 is 0 Å². The SMILES string of the molecule is CC(NCc1cc(Cl)cs1)c1ccccc1Cl. The molecule has 1 unspecified atom stereocenters. The lowest BCUT2D eigenvalue weighted by atomic mass is 10.1. The van der Waals surface area contributed by atoms with Gasteiger partial charge in [0.2, 0.25) is 0 Å². The summed E-state index contributed by atoms with van der Waals surface area (Å²) in [5.41, 5.74) is 1.12. The number of hydrogen-bond acceptors (Lipinski definition) is 2. The zero-order valence-electron chi connectivity index (χ0n) is 9.41. The van der Waals surface area contributed by atoms with Crippen LogP contribution < -0.4 is 5.32 Å². The maximum absolute atomic E-state index is 6.15. The molecule has 1 nitrogen and oxygen atoms in total. The summed E-state index contributed by atoms with van der Waals surface area (Å²) in [6.07, 6.45) is 0. The first-order valence-corrected chi connectivity index (χ1v) is 7.01. The molecule has 0 aliphatic heterocycles. The lowest BCUT2D eigenvalue weighted by Gasteiger charge is -2.14. The van der Waals surface area contributed by atoms with Crippen LogP contribution in [0.2, 0.25) is 10.0 Å². The van der Waals surface area contributed by atoms with Gasteiger partial charge in [-0.3, -0.25) is 0 Å². The van der Waals surface area contributed by atoms with Crippen molar-refractivity contribution in [1.29, 1.82) is 0 Å². The quantitative estimate of drug-likeness (QED) is 0.842. The van der Waals surface area contributed by atoms with E-state index in [0.717, 1.165) is 22.2 Å². The summed E-state index contributed by atoms with van der Waals surface area (Å²) in [7, 11) is 0. The normalized spacial score (nSPS) is 12.6. The van der Waals surface area contributed by atoms with Gasteiger partial charge in [-0.1, -0.05) is 41.4 Å². The van der Waals surface area contributed by atoms with Gasteiger partial charge in [-0.05, 0) is 24.6 Å².